The number of rotatable bonds is 26. The van der Waals surface area contributed by atoms with E-state index in [0.717, 1.165) is 19.3 Å². The lowest BCUT2D eigenvalue weighted by molar-refractivity contribution is -0.306. The van der Waals surface area contributed by atoms with E-state index in [1.54, 1.807) is 0 Å². The van der Waals surface area contributed by atoms with Crippen molar-refractivity contribution in [3.05, 3.63) is 0 Å². The van der Waals surface area contributed by atoms with Crippen molar-refractivity contribution in [1.82, 2.24) is 5.32 Å². The van der Waals surface area contributed by atoms with Gasteiger partial charge in [-0.25, -0.2) is 28.8 Å². The van der Waals surface area contributed by atoms with Crippen LogP contribution >= 0.6 is 0 Å². The first kappa shape index (κ1) is 101. The van der Waals surface area contributed by atoms with Gasteiger partial charge in [0.1, 0.15) is 67.1 Å². The SMILES string of the molecule is CCCCCCCCCCCCCCCCCC(=O)NCC1OC(OC2C(O)C(N)CC(N)C2OC2OC(CN)C(O)C(O)C2N)C(O)C1OC1OC(CN)C(O)C(O)C1N.O=C(O)C(F)(F)F.O=C(O)C(F)(F)F.O=C(O)C(F)(F)F.O=C(O)C(F)(F)F.O=C(O)C(F)(F)F.O=C(O)C(F)(F)F. The fourth-order valence-electron chi connectivity index (χ4n) is 8.72. The van der Waals surface area contributed by atoms with Gasteiger partial charge in [0.2, 0.25) is 5.91 Å². The summed E-state index contributed by atoms with van der Waals surface area (Å²) in [6.45, 7) is 1.78. The van der Waals surface area contributed by atoms with E-state index in [2.05, 4.69) is 12.2 Å². The highest BCUT2D eigenvalue weighted by molar-refractivity contribution is 5.76. The highest BCUT2D eigenvalue weighted by Crippen LogP contribution is 2.35. The first-order valence-corrected chi connectivity index (χ1v) is 30.4. The molecule has 1 aliphatic carbocycles. The predicted molar refractivity (Wildman–Crippen MR) is 306 cm³/mol. The summed E-state index contributed by atoms with van der Waals surface area (Å²) in [6, 6.07) is -4.25. The van der Waals surface area contributed by atoms with Crippen LogP contribution in [0.2, 0.25) is 0 Å². The van der Waals surface area contributed by atoms with E-state index in [-0.39, 0.29) is 38.4 Å². The summed E-state index contributed by atoms with van der Waals surface area (Å²) in [5, 5.41) is 111. The Morgan fingerprint density at radius 3 is 0.913 bits per heavy atom. The third-order valence-corrected chi connectivity index (χ3v) is 14.2. The third kappa shape index (κ3) is 41.1. The minimum absolute atomic E-state index is 0.0837. The summed E-state index contributed by atoms with van der Waals surface area (Å²) in [5.41, 5.74) is 36.6. The monoisotopic (exact) mass is 1560 g/mol. The maximum absolute atomic E-state index is 13.0. The van der Waals surface area contributed by atoms with E-state index in [4.69, 9.17) is 122 Å². The first-order chi connectivity index (χ1) is 46.9. The molecule has 19 atom stereocenters. The number of aliphatic carboxylic acids is 6. The molecular formula is C53H87F18N7O25. The molecule has 610 valence electrons. The molecule has 0 spiro atoms. The quantitative estimate of drug-likeness (QED) is 0.0428. The average Bonchev–Trinajstić information content (AvgIpc) is 1.69. The molecule has 3 aliphatic heterocycles. The molecule has 50 heteroatoms. The zero-order valence-electron chi connectivity index (χ0n) is 54.1. The third-order valence-electron chi connectivity index (χ3n) is 14.2. The number of alkyl halides is 18. The van der Waals surface area contributed by atoms with Gasteiger partial charge in [0.05, 0.1) is 18.2 Å². The van der Waals surface area contributed by atoms with Crippen molar-refractivity contribution >= 4 is 41.7 Å². The molecule has 0 aromatic heterocycles. The van der Waals surface area contributed by atoms with E-state index in [1.165, 1.54) is 70.6 Å². The number of hydrogen-bond acceptors (Lipinski definition) is 25. The van der Waals surface area contributed by atoms with Crippen LogP contribution in [0.4, 0.5) is 79.0 Å². The fraction of sp³-hybridized carbons (Fsp3) is 0.868. The predicted octanol–water partition coefficient (Wildman–Crippen LogP) is 1.29. The van der Waals surface area contributed by atoms with Crippen LogP contribution in [0.3, 0.4) is 0 Å². The Hall–Kier alpha value is -5.69. The number of nitrogens with two attached hydrogens (primary N) is 6. The Labute approximate surface area is 572 Å². The van der Waals surface area contributed by atoms with E-state index in [0.29, 0.717) is 6.42 Å². The van der Waals surface area contributed by atoms with Crippen LogP contribution in [0.15, 0.2) is 0 Å². The van der Waals surface area contributed by atoms with E-state index >= 15 is 0 Å². The van der Waals surface area contributed by atoms with E-state index in [9.17, 15) is 114 Å². The van der Waals surface area contributed by atoms with Crippen molar-refractivity contribution in [3.8, 4) is 0 Å². The zero-order chi connectivity index (χ0) is 81.1. The molecule has 3 saturated heterocycles. The Morgan fingerprint density at radius 2 is 0.631 bits per heavy atom. The average molecular weight is 1560 g/mol. The number of aliphatic hydroxyl groups is 6. The maximum Gasteiger partial charge on any atom is 0.490 e. The molecular weight excluding hydrogens is 1480 g/mol. The van der Waals surface area contributed by atoms with Gasteiger partial charge in [0.25, 0.3) is 0 Å². The Bertz CT molecular complexity index is 2280. The molecule has 1 amide bonds. The van der Waals surface area contributed by atoms with Crippen molar-refractivity contribution in [2.45, 2.75) is 269 Å². The molecule has 25 N–H and O–H groups in total. The smallest absolute Gasteiger partial charge is 0.475 e. The maximum atomic E-state index is 13.0. The van der Waals surface area contributed by atoms with Gasteiger partial charge < -0.3 is 129 Å². The van der Waals surface area contributed by atoms with Crippen molar-refractivity contribution in [1.29, 1.82) is 0 Å². The number of ether oxygens (including phenoxy) is 6. The Kier molecular flexibility index (Phi) is 47.1. The Morgan fingerprint density at radius 1 is 0.369 bits per heavy atom. The summed E-state index contributed by atoms with van der Waals surface area (Å²) < 4.78 is 227. The molecule has 0 radical (unpaired) electrons. The molecule has 0 aromatic carbocycles. The number of aliphatic hydroxyl groups excluding tert-OH is 6. The van der Waals surface area contributed by atoms with Crippen molar-refractivity contribution in [3.63, 3.8) is 0 Å². The van der Waals surface area contributed by atoms with Gasteiger partial charge in [-0.15, -0.1) is 0 Å². The lowest BCUT2D eigenvalue weighted by Gasteiger charge is -2.47. The molecule has 0 bridgehead atoms. The molecule has 4 fully saturated rings. The second kappa shape index (κ2) is 47.8. The fourth-order valence-corrected chi connectivity index (χ4v) is 8.72. The minimum Gasteiger partial charge on any atom is -0.475 e. The summed E-state index contributed by atoms with van der Waals surface area (Å²) in [6.07, 6.45) is -31.9. The molecule has 103 heavy (non-hydrogen) atoms. The molecule has 1 saturated carbocycles. The highest BCUT2D eigenvalue weighted by Gasteiger charge is 2.55. The number of halogens is 18. The summed E-state index contributed by atoms with van der Waals surface area (Å²) in [7, 11) is 0. The van der Waals surface area contributed by atoms with Crippen LogP contribution < -0.4 is 39.7 Å². The lowest BCUT2D eigenvalue weighted by atomic mass is 9.84. The number of carboxylic acids is 6. The molecule has 4 aliphatic rings. The number of hydrogen-bond donors (Lipinski definition) is 19. The summed E-state index contributed by atoms with van der Waals surface area (Å²) in [5.74, 6) is -16.8. The normalized spacial score (nSPS) is 28.7. The van der Waals surface area contributed by atoms with Crippen LogP contribution in [0.5, 0.6) is 0 Å². The van der Waals surface area contributed by atoms with Crippen LogP contribution in [0, 0.1) is 0 Å². The van der Waals surface area contributed by atoms with Crippen molar-refractivity contribution in [2.24, 2.45) is 34.4 Å². The highest BCUT2D eigenvalue weighted by atomic mass is 19.4. The lowest BCUT2D eigenvalue weighted by Crippen LogP contribution is -2.68. The molecule has 4 rings (SSSR count). The van der Waals surface area contributed by atoms with E-state index in [1.807, 2.05) is 0 Å². The topological polar surface area (TPSA) is 586 Å². The van der Waals surface area contributed by atoms with Crippen molar-refractivity contribution in [2.75, 3.05) is 19.6 Å². The zero-order valence-corrected chi connectivity index (χ0v) is 54.1. The van der Waals surface area contributed by atoms with Gasteiger partial charge in [0, 0.05) is 38.1 Å². The molecule has 32 nitrogen and oxygen atoms in total. The standard InChI is InChI=1S/C41H81N7O13.6C2HF3O2/c1-2-3-4-5-6-7-8-9-10-11-12-13-14-15-16-17-27(49)48-21-26-37(60-40-29(47)34(54)32(52)25(20-43)57-40)35(55)41(58-26)61-38-30(50)22(44)18-23(45)36(38)59-39-28(46)33(53)31(51)24(19-42)56-39;6*3-2(4,5)1(6)7/h22-26,28-41,50-55H,2-21,42-47H2,1H3,(H,48,49);6*(H,6,7). The molecule has 19 unspecified atom stereocenters. The second-order valence-corrected chi connectivity index (χ2v) is 22.4. The van der Waals surface area contributed by atoms with Crippen LogP contribution in [0.1, 0.15) is 116 Å². The van der Waals surface area contributed by atoms with E-state index < -0.39 is 189 Å². The number of unbranched alkanes of at least 4 members (excludes halogenated alkanes) is 14. The molecule has 3 heterocycles. The van der Waals surface area contributed by atoms with Gasteiger partial charge in [-0.3, -0.25) is 4.79 Å². The minimum atomic E-state index is -5.08. The van der Waals surface area contributed by atoms with Gasteiger partial charge in [-0.1, -0.05) is 96.8 Å². The number of carboxylic acid groups (broad SMARTS) is 6. The number of carbonyl (C=O) groups is 7. The van der Waals surface area contributed by atoms with Crippen LogP contribution in [-0.4, -0.2) is 276 Å². The second-order valence-electron chi connectivity index (χ2n) is 22.4. The van der Waals surface area contributed by atoms with Gasteiger partial charge in [-0.05, 0) is 12.8 Å². The summed E-state index contributed by atoms with van der Waals surface area (Å²) >= 11 is 0. The largest absolute Gasteiger partial charge is 0.490 e. The van der Waals surface area contributed by atoms with Crippen LogP contribution in [0.25, 0.3) is 0 Å². The van der Waals surface area contributed by atoms with Gasteiger partial charge >= 0.3 is 72.9 Å². The van der Waals surface area contributed by atoms with Gasteiger partial charge in [-0.2, -0.15) is 79.0 Å². The van der Waals surface area contributed by atoms with Gasteiger partial charge in [0.15, 0.2) is 18.9 Å². The van der Waals surface area contributed by atoms with Crippen LogP contribution in [-0.2, 0) is 62.0 Å². The first-order valence-electron chi connectivity index (χ1n) is 30.4. The number of carbonyl (C=O) groups excluding carboxylic acids is 1. The summed E-state index contributed by atoms with van der Waals surface area (Å²) in [4.78, 5) is 66.4. The van der Waals surface area contributed by atoms with Crippen molar-refractivity contribution < 1.29 is 202 Å². The number of amides is 1. The number of nitrogens with one attached hydrogen (secondary N) is 1. The Balaban J connectivity index is -0.00000190. The molecule has 0 aromatic rings.